The first-order chi connectivity index (χ1) is 8.73. The van der Waals surface area contributed by atoms with Crippen LogP contribution in [0.3, 0.4) is 0 Å². The molecule has 0 saturated heterocycles. The normalized spacial score (nSPS) is 19.6. The Morgan fingerprint density at radius 3 is 2.32 bits per heavy atom. The standard InChI is InChI=1S/C12H17F3O3S/c1-2-19(16,17)18-11(8-9-12(13,14)15)10-6-4-3-5-7-10/h10-11H,2-7H2,1H3. The molecule has 0 radical (unpaired) electrons. The Hall–Kier alpha value is -0.740. The second-order valence-electron chi connectivity index (χ2n) is 4.53. The summed E-state index contributed by atoms with van der Waals surface area (Å²) in [5.41, 5.74) is 0. The van der Waals surface area contributed by atoms with E-state index in [0.29, 0.717) is 12.8 Å². The maximum atomic E-state index is 12.1. The quantitative estimate of drug-likeness (QED) is 0.592. The van der Waals surface area contributed by atoms with Gasteiger partial charge in [0.25, 0.3) is 10.1 Å². The Kier molecular flexibility index (Phi) is 5.68. The van der Waals surface area contributed by atoms with Crippen LogP contribution < -0.4 is 0 Å². The maximum absolute atomic E-state index is 12.1. The lowest BCUT2D eigenvalue weighted by atomic mass is 9.85. The molecule has 1 atom stereocenters. The summed E-state index contributed by atoms with van der Waals surface area (Å²) in [5, 5.41) is 0. The van der Waals surface area contributed by atoms with Gasteiger partial charge in [0.15, 0.2) is 0 Å². The van der Waals surface area contributed by atoms with Gasteiger partial charge in [-0.2, -0.15) is 21.6 Å². The summed E-state index contributed by atoms with van der Waals surface area (Å²) < 4.78 is 64.0. The summed E-state index contributed by atoms with van der Waals surface area (Å²) in [6.45, 7) is 1.38. The Balaban J connectivity index is 2.86. The van der Waals surface area contributed by atoms with E-state index in [1.54, 1.807) is 0 Å². The van der Waals surface area contributed by atoms with E-state index in [1.165, 1.54) is 6.92 Å². The average molecular weight is 298 g/mol. The van der Waals surface area contributed by atoms with Crippen LogP contribution in [0.1, 0.15) is 39.0 Å². The van der Waals surface area contributed by atoms with Crippen molar-refractivity contribution >= 4 is 10.1 Å². The Labute approximate surface area is 111 Å². The highest BCUT2D eigenvalue weighted by Crippen LogP contribution is 2.29. The van der Waals surface area contributed by atoms with Gasteiger partial charge < -0.3 is 0 Å². The first-order valence-corrected chi connectivity index (χ1v) is 7.81. The third-order valence-corrected chi connectivity index (χ3v) is 4.25. The predicted molar refractivity (Wildman–Crippen MR) is 64.7 cm³/mol. The molecule has 1 aliphatic rings. The smallest absolute Gasteiger partial charge is 0.253 e. The van der Waals surface area contributed by atoms with Gasteiger partial charge in [-0.15, -0.1) is 0 Å². The van der Waals surface area contributed by atoms with Crippen LogP contribution in [0.15, 0.2) is 0 Å². The molecule has 0 aromatic rings. The van der Waals surface area contributed by atoms with E-state index in [0.717, 1.165) is 25.2 Å². The first kappa shape index (κ1) is 16.3. The van der Waals surface area contributed by atoms with Gasteiger partial charge in [-0.3, -0.25) is 4.18 Å². The van der Waals surface area contributed by atoms with Crippen molar-refractivity contribution in [3.8, 4) is 11.8 Å². The zero-order chi connectivity index (χ0) is 14.5. The zero-order valence-corrected chi connectivity index (χ0v) is 11.5. The fourth-order valence-corrected chi connectivity index (χ4v) is 2.69. The van der Waals surface area contributed by atoms with Crippen LogP contribution in [0, 0.1) is 17.8 Å². The SMILES string of the molecule is CCS(=O)(=O)OC(C#CC(F)(F)F)C1CCCCC1. The van der Waals surface area contributed by atoms with Crippen molar-refractivity contribution in [2.45, 2.75) is 51.3 Å². The zero-order valence-electron chi connectivity index (χ0n) is 10.7. The highest BCUT2D eigenvalue weighted by atomic mass is 32.2. The summed E-state index contributed by atoms with van der Waals surface area (Å²) in [5.74, 6) is 2.55. The minimum absolute atomic E-state index is 0.245. The van der Waals surface area contributed by atoms with Gasteiger partial charge in [-0.25, -0.2) is 0 Å². The van der Waals surface area contributed by atoms with Crippen LogP contribution in [0.25, 0.3) is 0 Å². The van der Waals surface area contributed by atoms with Crippen LogP contribution in [-0.2, 0) is 14.3 Å². The fraction of sp³-hybridized carbons (Fsp3) is 0.833. The molecule has 1 saturated carbocycles. The van der Waals surface area contributed by atoms with E-state index in [2.05, 4.69) is 0 Å². The molecule has 1 aliphatic carbocycles. The van der Waals surface area contributed by atoms with Crippen molar-refractivity contribution in [2.75, 3.05) is 5.75 Å². The van der Waals surface area contributed by atoms with Crippen LogP contribution >= 0.6 is 0 Å². The predicted octanol–water partition coefficient (Wildman–Crippen LogP) is 2.87. The molecule has 0 heterocycles. The molecule has 110 valence electrons. The number of hydrogen-bond donors (Lipinski definition) is 0. The van der Waals surface area contributed by atoms with Crippen LogP contribution in [-0.4, -0.2) is 26.5 Å². The van der Waals surface area contributed by atoms with Crippen LogP contribution in [0.4, 0.5) is 13.2 Å². The molecule has 7 heteroatoms. The minimum Gasteiger partial charge on any atom is -0.253 e. The fourth-order valence-electron chi connectivity index (χ4n) is 2.04. The molecule has 1 rings (SSSR count). The van der Waals surface area contributed by atoms with E-state index >= 15 is 0 Å². The number of alkyl halides is 3. The molecule has 0 aromatic carbocycles. The van der Waals surface area contributed by atoms with E-state index < -0.39 is 22.4 Å². The summed E-state index contributed by atoms with van der Waals surface area (Å²) >= 11 is 0. The molecule has 0 aliphatic heterocycles. The van der Waals surface area contributed by atoms with Gasteiger partial charge in [0, 0.05) is 5.92 Å². The van der Waals surface area contributed by atoms with Gasteiger partial charge >= 0.3 is 6.18 Å². The van der Waals surface area contributed by atoms with E-state index in [-0.39, 0.29) is 11.7 Å². The average Bonchev–Trinajstić information content (AvgIpc) is 2.34. The topological polar surface area (TPSA) is 43.4 Å². The summed E-state index contributed by atoms with van der Waals surface area (Å²) in [4.78, 5) is 0. The molecule has 0 spiro atoms. The van der Waals surface area contributed by atoms with Gasteiger partial charge in [0.2, 0.25) is 0 Å². The molecule has 0 aromatic heterocycles. The molecule has 0 bridgehead atoms. The molecule has 3 nitrogen and oxygen atoms in total. The van der Waals surface area contributed by atoms with Crippen molar-refractivity contribution in [3.63, 3.8) is 0 Å². The second kappa shape index (κ2) is 6.62. The molecule has 19 heavy (non-hydrogen) atoms. The number of halogens is 3. The Morgan fingerprint density at radius 2 is 1.84 bits per heavy atom. The number of hydrogen-bond acceptors (Lipinski definition) is 3. The summed E-state index contributed by atoms with van der Waals surface area (Å²) in [6.07, 6.45) is -1.78. The third-order valence-electron chi connectivity index (χ3n) is 3.04. The largest absolute Gasteiger partial charge is 0.457 e. The third kappa shape index (κ3) is 6.30. The lowest BCUT2D eigenvalue weighted by Crippen LogP contribution is -2.28. The Morgan fingerprint density at radius 1 is 1.26 bits per heavy atom. The molecular weight excluding hydrogens is 281 g/mol. The van der Waals surface area contributed by atoms with Crippen LogP contribution in [0.5, 0.6) is 0 Å². The Bertz CT molecular complexity index is 439. The first-order valence-electron chi connectivity index (χ1n) is 6.24. The molecular formula is C12H17F3O3S. The van der Waals surface area contributed by atoms with E-state index in [9.17, 15) is 21.6 Å². The molecule has 1 unspecified atom stereocenters. The van der Waals surface area contributed by atoms with Gasteiger partial charge in [0.1, 0.15) is 6.10 Å². The lowest BCUT2D eigenvalue weighted by molar-refractivity contribution is -0.0700. The van der Waals surface area contributed by atoms with E-state index in [4.69, 9.17) is 4.18 Å². The molecule has 0 N–H and O–H groups in total. The molecule has 0 amide bonds. The maximum Gasteiger partial charge on any atom is 0.457 e. The van der Waals surface area contributed by atoms with Gasteiger partial charge in [-0.05, 0) is 25.7 Å². The van der Waals surface area contributed by atoms with E-state index in [1.807, 2.05) is 5.92 Å². The van der Waals surface area contributed by atoms with Crippen molar-refractivity contribution in [2.24, 2.45) is 5.92 Å². The lowest BCUT2D eigenvalue weighted by Gasteiger charge is -2.26. The van der Waals surface area contributed by atoms with Crippen molar-refractivity contribution < 1.29 is 25.8 Å². The van der Waals surface area contributed by atoms with Crippen molar-refractivity contribution in [1.82, 2.24) is 0 Å². The summed E-state index contributed by atoms with van der Waals surface area (Å²) in [6, 6.07) is 0. The van der Waals surface area contributed by atoms with Gasteiger partial charge in [0.05, 0.1) is 5.75 Å². The van der Waals surface area contributed by atoms with Gasteiger partial charge in [-0.1, -0.05) is 25.2 Å². The number of rotatable bonds is 4. The second-order valence-corrected chi connectivity index (χ2v) is 6.41. The van der Waals surface area contributed by atoms with Crippen molar-refractivity contribution in [3.05, 3.63) is 0 Å². The minimum atomic E-state index is -4.63. The monoisotopic (exact) mass is 298 g/mol. The highest BCUT2D eigenvalue weighted by molar-refractivity contribution is 7.86. The molecule has 1 fully saturated rings. The highest BCUT2D eigenvalue weighted by Gasteiger charge is 2.29. The van der Waals surface area contributed by atoms with Crippen LogP contribution in [0.2, 0.25) is 0 Å². The van der Waals surface area contributed by atoms with Crippen molar-refractivity contribution in [1.29, 1.82) is 0 Å². The summed E-state index contributed by atoms with van der Waals surface area (Å²) in [7, 11) is -3.81.